The van der Waals surface area contributed by atoms with Gasteiger partial charge in [-0.05, 0) is 32.6 Å². The first kappa shape index (κ1) is 14.4. The molecule has 0 radical (unpaired) electrons. The standard InChI is InChI=1S/C15H21N3O2/c1-5-18(4)15(19)20-13-8-6-7-12-11(10-17(2)3)9-16-14(12)13/h6-9,16H,5,10H2,1-4H3. The summed E-state index contributed by atoms with van der Waals surface area (Å²) in [5, 5.41) is 1.09. The molecule has 0 unspecified atom stereocenters. The first-order chi connectivity index (χ1) is 9.52. The Bertz CT molecular complexity index is 604. The molecule has 108 valence electrons. The second kappa shape index (κ2) is 5.96. The van der Waals surface area contributed by atoms with Crippen LogP contribution in [0, 0.1) is 0 Å². The number of fused-ring (bicyclic) bond motifs is 1. The summed E-state index contributed by atoms with van der Waals surface area (Å²) < 4.78 is 5.44. The minimum absolute atomic E-state index is 0.344. The monoisotopic (exact) mass is 275 g/mol. The SMILES string of the molecule is CCN(C)C(=O)Oc1cccc2c(CN(C)C)c[nH]c12. The van der Waals surface area contributed by atoms with E-state index < -0.39 is 0 Å². The third-order valence-electron chi connectivity index (χ3n) is 3.23. The summed E-state index contributed by atoms with van der Waals surface area (Å²) in [5.74, 6) is 0.567. The number of amides is 1. The van der Waals surface area contributed by atoms with Crippen LogP contribution in [0.5, 0.6) is 5.75 Å². The van der Waals surface area contributed by atoms with Crippen molar-refractivity contribution >= 4 is 17.0 Å². The number of hydrogen-bond donors (Lipinski definition) is 1. The first-order valence-corrected chi connectivity index (χ1v) is 6.69. The molecule has 1 heterocycles. The van der Waals surface area contributed by atoms with Crippen molar-refractivity contribution in [2.24, 2.45) is 0 Å². The number of rotatable bonds is 4. The number of hydrogen-bond acceptors (Lipinski definition) is 3. The average Bonchev–Trinajstić information content (AvgIpc) is 2.81. The second-order valence-electron chi connectivity index (χ2n) is 5.11. The Hall–Kier alpha value is -2.01. The fraction of sp³-hybridized carbons (Fsp3) is 0.400. The van der Waals surface area contributed by atoms with E-state index in [0.717, 1.165) is 17.4 Å². The zero-order valence-corrected chi connectivity index (χ0v) is 12.4. The van der Waals surface area contributed by atoms with Crippen molar-refractivity contribution in [1.29, 1.82) is 0 Å². The Labute approximate surface area is 119 Å². The molecule has 5 heteroatoms. The van der Waals surface area contributed by atoms with E-state index in [1.165, 1.54) is 10.5 Å². The van der Waals surface area contributed by atoms with E-state index in [1.54, 1.807) is 13.1 Å². The van der Waals surface area contributed by atoms with Gasteiger partial charge in [0.05, 0.1) is 5.52 Å². The topological polar surface area (TPSA) is 48.6 Å². The van der Waals surface area contributed by atoms with Crippen LogP contribution in [-0.4, -0.2) is 48.6 Å². The maximum atomic E-state index is 11.9. The molecule has 0 aliphatic rings. The zero-order chi connectivity index (χ0) is 14.7. The van der Waals surface area contributed by atoms with Gasteiger partial charge in [0.25, 0.3) is 0 Å². The average molecular weight is 275 g/mol. The van der Waals surface area contributed by atoms with Crippen LogP contribution in [0.25, 0.3) is 10.9 Å². The fourth-order valence-corrected chi connectivity index (χ4v) is 2.04. The van der Waals surface area contributed by atoms with Crippen molar-refractivity contribution in [1.82, 2.24) is 14.8 Å². The molecular weight excluding hydrogens is 254 g/mol. The number of carbonyl (C=O) groups is 1. The molecule has 1 amide bonds. The van der Waals surface area contributed by atoms with E-state index in [4.69, 9.17) is 4.74 Å². The van der Waals surface area contributed by atoms with Gasteiger partial charge < -0.3 is 19.5 Å². The fourth-order valence-electron chi connectivity index (χ4n) is 2.04. The predicted octanol–water partition coefficient (Wildman–Crippen LogP) is 2.68. The summed E-state index contributed by atoms with van der Waals surface area (Å²) in [4.78, 5) is 18.7. The van der Waals surface area contributed by atoms with Gasteiger partial charge in [0, 0.05) is 31.7 Å². The molecule has 0 bridgehead atoms. The third-order valence-corrected chi connectivity index (χ3v) is 3.23. The van der Waals surface area contributed by atoms with Crippen LogP contribution in [-0.2, 0) is 6.54 Å². The summed E-state index contributed by atoms with van der Waals surface area (Å²) in [6.07, 6.45) is 1.62. The lowest BCUT2D eigenvalue weighted by atomic mass is 10.1. The Morgan fingerprint density at radius 1 is 1.30 bits per heavy atom. The number of aromatic amines is 1. The summed E-state index contributed by atoms with van der Waals surface area (Å²) >= 11 is 0. The summed E-state index contributed by atoms with van der Waals surface area (Å²) in [5.41, 5.74) is 2.05. The number of carbonyl (C=O) groups excluding carboxylic acids is 1. The van der Waals surface area contributed by atoms with Gasteiger partial charge in [-0.15, -0.1) is 0 Å². The summed E-state index contributed by atoms with van der Waals surface area (Å²) in [7, 11) is 5.77. The molecule has 20 heavy (non-hydrogen) atoms. The normalized spacial score (nSPS) is 11.1. The molecule has 0 aliphatic heterocycles. The van der Waals surface area contributed by atoms with Crippen LogP contribution in [0.3, 0.4) is 0 Å². The zero-order valence-electron chi connectivity index (χ0n) is 12.4. The Morgan fingerprint density at radius 2 is 2.05 bits per heavy atom. The van der Waals surface area contributed by atoms with Crippen molar-refractivity contribution in [2.75, 3.05) is 27.7 Å². The second-order valence-corrected chi connectivity index (χ2v) is 5.11. The van der Waals surface area contributed by atoms with Crippen LogP contribution in [0.15, 0.2) is 24.4 Å². The predicted molar refractivity (Wildman–Crippen MR) is 80.0 cm³/mol. The number of benzene rings is 1. The van der Waals surface area contributed by atoms with Crippen molar-refractivity contribution in [3.05, 3.63) is 30.0 Å². The number of ether oxygens (including phenoxy) is 1. The Kier molecular flexibility index (Phi) is 4.29. The van der Waals surface area contributed by atoms with E-state index in [9.17, 15) is 4.79 Å². The van der Waals surface area contributed by atoms with E-state index in [1.807, 2.05) is 39.3 Å². The van der Waals surface area contributed by atoms with Gasteiger partial charge in [-0.25, -0.2) is 4.79 Å². The van der Waals surface area contributed by atoms with Crippen LogP contribution in [0.2, 0.25) is 0 Å². The van der Waals surface area contributed by atoms with Crippen LogP contribution in [0.1, 0.15) is 12.5 Å². The van der Waals surface area contributed by atoms with E-state index in [-0.39, 0.29) is 6.09 Å². The van der Waals surface area contributed by atoms with E-state index in [0.29, 0.717) is 12.3 Å². The van der Waals surface area contributed by atoms with Crippen molar-refractivity contribution in [2.45, 2.75) is 13.5 Å². The quantitative estimate of drug-likeness (QED) is 0.933. The summed E-state index contributed by atoms with van der Waals surface area (Å²) in [6.45, 7) is 3.36. The van der Waals surface area contributed by atoms with Gasteiger partial charge in [-0.1, -0.05) is 12.1 Å². The first-order valence-electron chi connectivity index (χ1n) is 6.69. The molecule has 1 N–H and O–H groups in total. The highest BCUT2D eigenvalue weighted by molar-refractivity contribution is 5.90. The molecule has 0 atom stereocenters. The van der Waals surface area contributed by atoms with Crippen LogP contribution >= 0.6 is 0 Å². The summed E-state index contributed by atoms with van der Waals surface area (Å²) in [6, 6.07) is 5.75. The number of nitrogens with zero attached hydrogens (tertiary/aromatic N) is 2. The largest absolute Gasteiger partial charge is 0.415 e. The molecule has 0 aliphatic carbocycles. The minimum atomic E-state index is -0.344. The van der Waals surface area contributed by atoms with Crippen molar-refractivity contribution in [3.63, 3.8) is 0 Å². The minimum Gasteiger partial charge on any atom is -0.408 e. The van der Waals surface area contributed by atoms with Gasteiger partial charge in [0.2, 0.25) is 0 Å². The maximum absolute atomic E-state index is 11.9. The van der Waals surface area contributed by atoms with Crippen molar-refractivity contribution < 1.29 is 9.53 Å². The lowest BCUT2D eigenvalue weighted by Crippen LogP contribution is -2.29. The molecule has 0 fully saturated rings. The molecule has 2 aromatic rings. The van der Waals surface area contributed by atoms with Gasteiger partial charge in [-0.2, -0.15) is 0 Å². The lowest BCUT2D eigenvalue weighted by molar-refractivity contribution is 0.165. The van der Waals surface area contributed by atoms with E-state index >= 15 is 0 Å². The van der Waals surface area contributed by atoms with Crippen LogP contribution < -0.4 is 4.74 Å². The molecule has 1 aromatic carbocycles. The lowest BCUT2D eigenvalue weighted by Gasteiger charge is -2.14. The number of nitrogens with one attached hydrogen (secondary N) is 1. The van der Waals surface area contributed by atoms with Crippen LogP contribution in [0.4, 0.5) is 4.79 Å². The maximum Gasteiger partial charge on any atom is 0.415 e. The molecular formula is C15H21N3O2. The highest BCUT2D eigenvalue weighted by Gasteiger charge is 2.14. The molecule has 0 saturated heterocycles. The van der Waals surface area contributed by atoms with Gasteiger partial charge >= 0.3 is 6.09 Å². The third kappa shape index (κ3) is 2.93. The van der Waals surface area contributed by atoms with Gasteiger partial charge in [-0.3, -0.25) is 0 Å². The molecule has 1 aromatic heterocycles. The number of para-hydroxylation sites is 1. The highest BCUT2D eigenvalue weighted by Crippen LogP contribution is 2.28. The number of aromatic nitrogens is 1. The number of H-pyrrole nitrogens is 1. The molecule has 0 saturated carbocycles. The Morgan fingerprint density at radius 3 is 2.70 bits per heavy atom. The molecule has 0 spiro atoms. The molecule has 5 nitrogen and oxygen atoms in total. The van der Waals surface area contributed by atoms with Crippen molar-refractivity contribution in [3.8, 4) is 5.75 Å². The smallest absolute Gasteiger partial charge is 0.408 e. The molecule has 2 rings (SSSR count). The van der Waals surface area contributed by atoms with E-state index in [2.05, 4.69) is 9.88 Å². The van der Waals surface area contributed by atoms with Gasteiger partial charge in [0.15, 0.2) is 5.75 Å². The Balaban J connectivity index is 2.31. The van der Waals surface area contributed by atoms with Gasteiger partial charge in [0.1, 0.15) is 0 Å². The highest BCUT2D eigenvalue weighted by atomic mass is 16.6.